The summed E-state index contributed by atoms with van der Waals surface area (Å²) in [5.41, 5.74) is -0.372. The van der Waals surface area contributed by atoms with E-state index >= 15 is 0 Å². The summed E-state index contributed by atoms with van der Waals surface area (Å²) in [6.45, 7) is 1.51. The molecule has 0 aliphatic carbocycles. The number of halogens is 1. The first-order chi connectivity index (χ1) is 13.1. The van der Waals surface area contributed by atoms with E-state index in [9.17, 15) is 9.18 Å². The third kappa shape index (κ3) is 4.16. The molecule has 3 heterocycles. The van der Waals surface area contributed by atoms with Gasteiger partial charge in [0.1, 0.15) is 23.3 Å². The third-order valence-corrected chi connectivity index (χ3v) is 4.75. The van der Waals surface area contributed by atoms with E-state index in [1.807, 2.05) is 0 Å². The van der Waals surface area contributed by atoms with Gasteiger partial charge >= 0.3 is 6.01 Å². The summed E-state index contributed by atoms with van der Waals surface area (Å²) in [5, 5.41) is 0. The van der Waals surface area contributed by atoms with Gasteiger partial charge in [0.25, 0.3) is 5.91 Å². The number of benzene rings is 1. The molecule has 2 aliphatic rings. The molecule has 0 N–H and O–H groups in total. The van der Waals surface area contributed by atoms with Crippen molar-refractivity contribution in [3.8, 4) is 11.8 Å². The fourth-order valence-corrected chi connectivity index (χ4v) is 3.39. The van der Waals surface area contributed by atoms with E-state index in [2.05, 4.69) is 9.97 Å². The maximum atomic E-state index is 12.9. The first-order valence-electron chi connectivity index (χ1n) is 8.86. The first kappa shape index (κ1) is 17.7. The van der Waals surface area contributed by atoms with Crippen LogP contribution < -0.4 is 9.47 Å². The molecule has 2 saturated heterocycles. The maximum absolute atomic E-state index is 12.9. The molecule has 2 aliphatic heterocycles. The van der Waals surface area contributed by atoms with E-state index in [0.29, 0.717) is 37.9 Å². The Labute approximate surface area is 156 Å². The van der Waals surface area contributed by atoms with Gasteiger partial charge in [-0.25, -0.2) is 14.4 Å². The van der Waals surface area contributed by atoms with Gasteiger partial charge in [-0.15, -0.1) is 0 Å². The van der Waals surface area contributed by atoms with Crippen LogP contribution in [0.4, 0.5) is 4.39 Å². The van der Waals surface area contributed by atoms with Crippen molar-refractivity contribution >= 4 is 5.91 Å². The molecule has 0 radical (unpaired) electrons. The van der Waals surface area contributed by atoms with E-state index in [4.69, 9.17) is 14.2 Å². The maximum Gasteiger partial charge on any atom is 0.316 e. The lowest BCUT2D eigenvalue weighted by molar-refractivity contribution is -0.194. The molecule has 142 valence electrons. The normalized spacial score (nSPS) is 20.8. The van der Waals surface area contributed by atoms with Crippen molar-refractivity contribution in [2.75, 3.05) is 26.3 Å². The lowest BCUT2D eigenvalue weighted by atomic mass is 9.84. The van der Waals surface area contributed by atoms with E-state index in [-0.39, 0.29) is 30.0 Å². The summed E-state index contributed by atoms with van der Waals surface area (Å²) >= 11 is 0. The molecule has 0 unspecified atom stereocenters. The number of hydrogen-bond donors (Lipinski definition) is 0. The molecule has 1 aromatic heterocycles. The van der Waals surface area contributed by atoms with Crippen LogP contribution in [0.2, 0.25) is 0 Å². The highest BCUT2D eigenvalue weighted by Crippen LogP contribution is 2.35. The fourth-order valence-electron chi connectivity index (χ4n) is 3.39. The van der Waals surface area contributed by atoms with Gasteiger partial charge in [0.05, 0.1) is 19.7 Å². The van der Waals surface area contributed by atoms with E-state index in [1.165, 1.54) is 24.3 Å². The van der Waals surface area contributed by atoms with Crippen LogP contribution in [0.3, 0.4) is 0 Å². The molecule has 2 aromatic rings. The number of ether oxygens (including phenoxy) is 3. The van der Waals surface area contributed by atoms with Gasteiger partial charge in [-0.1, -0.05) is 0 Å². The molecule has 0 saturated carbocycles. The molecule has 7 nitrogen and oxygen atoms in total. The summed E-state index contributed by atoms with van der Waals surface area (Å²) in [5.74, 6) is -0.00121. The second-order valence-corrected chi connectivity index (χ2v) is 6.79. The molecule has 8 heteroatoms. The van der Waals surface area contributed by atoms with Crippen molar-refractivity contribution in [3.63, 3.8) is 0 Å². The van der Waals surface area contributed by atoms with Gasteiger partial charge < -0.3 is 19.1 Å². The number of amides is 1. The fraction of sp³-hybridized carbons (Fsp3) is 0.421. The molecule has 4 rings (SSSR count). The average Bonchev–Trinajstić information content (AvgIpc) is 2.66. The molecule has 27 heavy (non-hydrogen) atoms. The molecule has 1 amide bonds. The summed E-state index contributed by atoms with van der Waals surface area (Å²) < 4.78 is 30.1. The number of aromatic nitrogens is 2. The molecular weight excluding hydrogens is 353 g/mol. The van der Waals surface area contributed by atoms with Crippen LogP contribution in [0.1, 0.15) is 12.8 Å². The standard InChI is InChI=1S/C19H20FN3O4/c20-14-2-4-15(5-3-14)25-11-17(24)23-12-19(13-23)10-16(6-9-26-19)27-18-21-7-1-8-22-18/h1-5,7-8,16H,6,9-13H2/t16-/m0/s1. The predicted octanol–water partition coefficient (Wildman–Crippen LogP) is 1.83. The van der Waals surface area contributed by atoms with Gasteiger partial charge in [-0.2, -0.15) is 0 Å². The second-order valence-electron chi connectivity index (χ2n) is 6.79. The number of hydrogen-bond acceptors (Lipinski definition) is 6. The Morgan fingerprint density at radius 1 is 1.26 bits per heavy atom. The van der Waals surface area contributed by atoms with Crippen molar-refractivity contribution in [1.82, 2.24) is 14.9 Å². The SMILES string of the molecule is O=C(COc1ccc(F)cc1)N1CC2(C[C@@H](Oc3ncccn3)CCO2)C1. The Kier molecular flexibility index (Phi) is 4.89. The zero-order chi connectivity index (χ0) is 18.7. The number of carbonyl (C=O) groups excluding carboxylic acids is 1. The van der Waals surface area contributed by atoms with E-state index in [0.717, 1.165) is 6.42 Å². The topological polar surface area (TPSA) is 73.8 Å². The van der Waals surface area contributed by atoms with Gasteiger partial charge in [0.2, 0.25) is 0 Å². The average molecular weight is 373 g/mol. The number of likely N-dealkylation sites (tertiary alicyclic amines) is 1. The Morgan fingerprint density at radius 2 is 2.00 bits per heavy atom. The summed E-state index contributed by atoms with van der Waals surface area (Å²) in [4.78, 5) is 22.2. The van der Waals surface area contributed by atoms with Crippen LogP contribution in [0.5, 0.6) is 11.8 Å². The van der Waals surface area contributed by atoms with Crippen LogP contribution in [0, 0.1) is 5.82 Å². The number of carbonyl (C=O) groups is 1. The largest absolute Gasteiger partial charge is 0.484 e. The lowest BCUT2D eigenvalue weighted by Crippen LogP contribution is -2.68. The molecule has 1 spiro atoms. The Balaban J connectivity index is 1.26. The smallest absolute Gasteiger partial charge is 0.316 e. The Morgan fingerprint density at radius 3 is 2.74 bits per heavy atom. The molecule has 0 bridgehead atoms. The van der Waals surface area contributed by atoms with Crippen LogP contribution >= 0.6 is 0 Å². The van der Waals surface area contributed by atoms with Crippen LogP contribution in [-0.4, -0.2) is 58.8 Å². The lowest BCUT2D eigenvalue weighted by Gasteiger charge is -2.52. The minimum Gasteiger partial charge on any atom is -0.484 e. The summed E-state index contributed by atoms with van der Waals surface area (Å²) in [6, 6.07) is 7.69. The zero-order valence-electron chi connectivity index (χ0n) is 14.7. The van der Waals surface area contributed by atoms with Crippen molar-refractivity contribution in [1.29, 1.82) is 0 Å². The highest BCUT2D eigenvalue weighted by Gasteiger charge is 2.50. The van der Waals surface area contributed by atoms with Gasteiger partial charge in [0, 0.05) is 25.2 Å². The van der Waals surface area contributed by atoms with Crippen LogP contribution in [0.25, 0.3) is 0 Å². The van der Waals surface area contributed by atoms with Crippen LogP contribution in [-0.2, 0) is 9.53 Å². The van der Waals surface area contributed by atoms with E-state index in [1.54, 1.807) is 23.4 Å². The molecular formula is C19H20FN3O4. The molecule has 2 fully saturated rings. The second kappa shape index (κ2) is 7.48. The van der Waals surface area contributed by atoms with Crippen LogP contribution in [0.15, 0.2) is 42.7 Å². The van der Waals surface area contributed by atoms with Crippen molar-refractivity contribution in [2.24, 2.45) is 0 Å². The highest BCUT2D eigenvalue weighted by atomic mass is 19.1. The first-order valence-corrected chi connectivity index (χ1v) is 8.86. The third-order valence-electron chi connectivity index (χ3n) is 4.75. The minimum atomic E-state index is -0.372. The minimum absolute atomic E-state index is 0.0335. The van der Waals surface area contributed by atoms with Gasteiger partial charge in [-0.05, 0) is 30.3 Å². The van der Waals surface area contributed by atoms with Gasteiger partial charge in [0.15, 0.2) is 6.61 Å². The van der Waals surface area contributed by atoms with Crippen molar-refractivity contribution in [2.45, 2.75) is 24.5 Å². The zero-order valence-corrected chi connectivity index (χ0v) is 14.7. The molecule has 1 atom stereocenters. The summed E-state index contributed by atoms with van der Waals surface area (Å²) in [7, 11) is 0. The summed E-state index contributed by atoms with van der Waals surface area (Å²) in [6.07, 6.45) is 4.70. The predicted molar refractivity (Wildman–Crippen MR) is 92.8 cm³/mol. The van der Waals surface area contributed by atoms with Crippen molar-refractivity contribution in [3.05, 3.63) is 48.5 Å². The number of rotatable bonds is 5. The quantitative estimate of drug-likeness (QED) is 0.796. The van der Waals surface area contributed by atoms with Gasteiger partial charge in [-0.3, -0.25) is 4.79 Å². The Bertz CT molecular complexity index is 781. The number of nitrogens with zero attached hydrogens (tertiary/aromatic N) is 3. The molecule has 1 aromatic carbocycles. The monoisotopic (exact) mass is 373 g/mol. The van der Waals surface area contributed by atoms with Crippen molar-refractivity contribution < 1.29 is 23.4 Å². The highest BCUT2D eigenvalue weighted by molar-refractivity contribution is 5.79. The Hall–Kier alpha value is -2.74. The van der Waals surface area contributed by atoms with E-state index < -0.39 is 0 Å².